The first-order valence-electron chi connectivity index (χ1n) is 10.4. The Kier molecular flexibility index (Phi) is 11.0. The van der Waals surface area contributed by atoms with E-state index in [1.807, 2.05) is 36.4 Å². The second-order valence-corrected chi connectivity index (χ2v) is 7.16. The molecule has 1 unspecified atom stereocenters. The maximum atomic E-state index is 10.2. The summed E-state index contributed by atoms with van der Waals surface area (Å²) in [4.78, 5) is 9.30. The number of rotatable bonds is 8. The van der Waals surface area contributed by atoms with E-state index in [0.29, 0.717) is 13.2 Å². The summed E-state index contributed by atoms with van der Waals surface area (Å²) in [5.74, 6) is 0.863. The van der Waals surface area contributed by atoms with E-state index in [1.165, 1.54) is 5.69 Å². The van der Waals surface area contributed by atoms with Crippen molar-refractivity contribution in [2.24, 2.45) is 4.99 Å². The molecule has 6 nitrogen and oxygen atoms in total. The zero-order valence-electron chi connectivity index (χ0n) is 17.6. The van der Waals surface area contributed by atoms with Gasteiger partial charge >= 0.3 is 0 Å². The molecule has 1 atom stereocenters. The van der Waals surface area contributed by atoms with Crippen molar-refractivity contribution in [3.63, 3.8) is 0 Å². The average molecular weight is 524 g/mol. The first-order chi connectivity index (χ1) is 14.3. The molecule has 1 aliphatic heterocycles. The average Bonchev–Trinajstić information content (AvgIpc) is 2.78. The Labute approximate surface area is 197 Å². The molecule has 0 radical (unpaired) electrons. The van der Waals surface area contributed by atoms with E-state index in [4.69, 9.17) is 4.74 Å². The molecule has 1 heterocycles. The number of aliphatic hydroxyl groups is 1. The summed E-state index contributed by atoms with van der Waals surface area (Å²) in [7, 11) is 0. The zero-order chi connectivity index (χ0) is 20.3. The van der Waals surface area contributed by atoms with Crippen LogP contribution < -0.4 is 10.2 Å². The van der Waals surface area contributed by atoms with Gasteiger partial charge in [-0.05, 0) is 24.6 Å². The van der Waals surface area contributed by atoms with Crippen molar-refractivity contribution in [1.82, 2.24) is 10.2 Å². The number of aliphatic hydroxyl groups excluding tert-OH is 1. The number of benzene rings is 2. The van der Waals surface area contributed by atoms with E-state index in [9.17, 15) is 5.11 Å². The molecule has 0 spiro atoms. The number of nitrogens with one attached hydrogen (secondary N) is 1. The van der Waals surface area contributed by atoms with Crippen molar-refractivity contribution >= 4 is 35.6 Å². The number of piperazine rings is 1. The highest BCUT2D eigenvalue weighted by Crippen LogP contribution is 2.15. The quantitative estimate of drug-likeness (QED) is 0.316. The predicted molar refractivity (Wildman–Crippen MR) is 134 cm³/mol. The minimum Gasteiger partial charge on any atom is -0.389 e. The third-order valence-electron chi connectivity index (χ3n) is 4.91. The summed E-state index contributed by atoms with van der Waals surface area (Å²) in [6, 6.07) is 20.5. The van der Waals surface area contributed by atoms with Gasteiger partial charge in [0, 0.05) is 38.4 Å². The Balaban J connectivity index is 0.00000320. The normalized spacial score (nSPS) is 15.5. The van der Waals surface area contributed by atoms with E-state index >= 15 is 0 Å². The first-order valence-corrected chi connectivity index (χ1v) is 10.4. The van der Waals surface area contributed by atoms with Crippen LogP contribution in [0.1, 0.15) is 12.5 Å². The third-order valence-corrected chi connectivity index (χ3v) is 4.91. The Morgan fingerprint density at radius 1 is 1.03 bits per heavy atom. The van der Waals surface area contributed by atoms with Gasteiger partial charge in [0.15, 0.2) is 5.96 Å². The lowest BCUT2D eigenvalue weighted by Crippen LogP contribution is -2.52. The van der Waals surface area contributed by atoms with Gasteiger partial charge in [0.05, 0.1) is 25.9 Å². The van der Waals surface area contributed by atoms with Crippen LogP contribution in [0.5, 0.6) is 0 Å². The number of anilines is 1. The van der Waals surface area contributed by atoms with Crippen molar-refractivity contribution in [2.45, 2.75) is 19.6 Å². The van der Waals surface area contributed by atoms with Crippen LogP contribution in [0.25, 0.3) is 0 Å². The number of ether oxygens (including phenoxy) is 1. The summed E-state index contributed by atoms with van der Waals surface area (Å²) in [5.41, 5.74) is 2.37. The summed E-state index contributed by atoms with van der Waals surface area (Å²) >= 11 is 0. The van der Waals surface area contributed by atoms with Gasteiger partial charge in [0.2, 0.25) is 0 Å². The molecular formula is C23H33IN4O2. The number of hydrogen-bond acceptors (Lipinski definition) is 4. The zero-order valence-corrected chi connectivity index (χ0v) is 19.9. The second-order valence-electron chi connectivity index (χ2n) is 7.16. The lowest BCUT2D eigenvalue weighted by atomic mass is 10.2. The Morgan fingerprint density at radius 3 is 2.30 bits per heavy atom. The molecule has 0 aliphatic carbocycles. The van der Waals surface area contributed by atoms with Gasteiger partial charge in [-0.1, -0.05) is 48.5 Å². The summed E-state index contributed by atoms with van der Waals surface area (Å²) in [5, 5.41) is 13.6. The fourth-order valence-electron chi connectivity index (χ4n) is 3.37. The van der Waals surface area contributed by atoms with E-state index < -0.39 is 6.10 Å². The lowest BCUT2D eigenvalue weighted by molar-refractivity contribution is 0.0330. The Morgan fingerprint density at radius 2 is 1.67 bits per heavy atom. The van der Waals surface area contributed by atoms with E-state index in [1.54, 1.807) is 0 Å². The maximum Gasteiger partial charge on any atom is 0.194 e. The molecule has 0 amide bonds. The molecule has 164 valence electrons. The fraction of sp³-hybridized carbons (Fsp3) is 0.435. The minimum absolute atomic E-state index is 0. The Hall–Kier alpha value is -1.84. The van der Waals surface area contributed by atoms with Crippen LogP contribution in [0, 0.1) is 0 Å². The highest BCUT2D eigenvalue weighted by molar-refractivity contribution is 14.0. The number of aliphatic imine (C=N–C) groups is 1. The van der Waals surface area contributed by atoms with Crippen LogP contribution in [0.2, 0.25) is 0 Å². The van der Waals surface area contributed by atoms with Gasteiger partial charge in [0.25, 0.3) is 0 Å². The van der Waals surface area contributed by atoms with Gasteiger partial charge in [0.1, 0.15) is 0 Å². The van der Waals surface area contributed by atoms with Crippen molar-refractivity contribution in [3.8, 4) is 0 Å². The molecule has 0 saturated carbocycles. The molecule has 1 aliphatic rings. The first kappa shape index (κ1) is 24.4. The molecule has 30 heavy (non-hydrogen) atoms. The van der Waals surface area contributed by atoms with E-state index in [2.05, 4.69) is 51.3 Å². The molecule has 2 N–H and O–H groups in total. The van der Waals surface area contributed by atoms with Crippen LogP contribution in [-0.2, 0) is 11.3 Å². The van der Waals surface area contributed by atoms with Gasteiger partial charge < -0.3 is 25.0 Å². The van der Waals surface area contributed by atoms with Gasteiger partial charge in [-0.3, -0.25) is 4.99 Å². The molecule has 0 bridgehead atoms. The lowest BCUT2D eigenvalue weighted by Gasteiger charge is -2.37. The number of halogens is 1. The second kappa shape index (κ2) is 13.5. The Bertz CT molecular complexity index is 737. The molecule has 1 fully saturated rings. The molecule has 2 aromatic rings. The van der Waals surface area contributed by atoms with Crippen LogP contribution >= 0.6 is 24.0 Å². The van der Waals surface area contributed by atoms with Gasteiger partial charge in [-0.25, -0.2) is 0 Å². The van der Waals surface area contributed by atoms with Gasteiger partial charge in [-0.2, -0.15) is 0 Å². The maximum absolute atomic E-state index is 10.2. The predicted octanol–water partition coefficient (Wildman–Crippen LogP) is 2.97. The fourth-order valence-corrected chi connectivity index (χ4v) is 3.37. The minimum atomic E-state index is -0.613. The van der Waals surface area contributed by atoms with Crippen molar-refractivity contribution in [2.75, 3.05) is 50.8 Å². The molecular weight excluding hydrogens is 491 g/mol. The highest BCUT2D eigenvalue weighted by Gasteiger charge is 2.20. The van der Waals surface area contributed by atoms with E-state index in [-0.39, 0.29) is 30.6 Å². The molecule has 1 saturated heterocycles. The SMILES string of the molecule is CCNC(=NCC(O)COCc1ccccc1)N1CCN(c2ccccc2)CC1.I. The smallest absolute Gasteiger partial charge is 0.194 e. The van der Waals surface area contributed by atoms with E-state index in [0.717, 1.165) is 44.2 Å². The molecule has 2 aromatic carbocycles. The number of guanidine groups is 1. The monoisotopic (exact) mass is 524 g/mol. The van der Waals surface area contributed by atoms with Crippen LogP contribution in [-0.4, -0.2) is 67.9 Å². The van der Waals surface area contributed by atoms with Crippen molar-refractivity contribution < 1.29 is 9.84 Å². The highest BCUT2D eigenvalue weighted by atomic mass is 127. The van der Waals surface area contributed by atoms with Gasteiger partial charge in [-0.15, -0.1) is 24.0 Å². The van der Waals surface area contributed by atoms with Crippen molar-refractivity contribution in [3.05, 3.63) is 66.2 Å². The molecule has 7 heteroatoms. The standard InChI is InChI=1S/C23H32N4O2.HI/c1-2-24-23(25-17-22(28)19-29-18-20-9-5-3-6-10-20)27-15-13-26(14-16-27)21-11-7-4-8-12-21;/h3-12,22,28H,2,13-19H2,1H3,(H,24,25);1H. The number of hydrogen-bond donors (Lipinski definition) is 2. The summed E-state index contributed by atoms with van der Waals surface area (Å²) in [6.07, 6.45) is -0.613. The van der Waals surface area contributed by atoms with Crippen molar-refractivity contribution in [1.29, 1.82) is 0 Å². The molecule has 0 aromatic heterocycles. The number of nitrogens with zero attached hydrogens (tertiary/aromatic N) is 3. The topological polar surface area (TPSA) is 60.3 Å². The largest absolute Gasteiger partial charge is 0.389 e. The summed E-state index contributed by atoms with van der Waals surface area (Å²) < 4.78 is 5.62. The van der Waals surface area contributed by atoms with Crippen LogP contribution in [0.3, 0.4) is 0 Å². The van der Waals surface area contributed by atoms with Crippen LogP contribution in [0.4, 0.5) is 5.69 Å². The summed E-state index contributed by atoms with van der Waals surface area (Å²) in [6.45, 7) is 7.70. The third kappa shape index (κ3) is 7.77. The van der Waals surface area contributed by atoms with Crippen LogP contribution in [0.15, 0.2) is 65.7 Å². The molecule has 3 rings (SSSR count). The number of para-hydroxylation sites is 1.